The summed E-state index contributed by atoms with van der Waals surface area (Å²) in [6.07, 6.45) is 0.234. The maximum atomic E-state index is 12.6. The number of hydrogen-bond donors (Lipinski definition) is 1. The van der Waals surface area contributed by atoms with Crippen LogP contribution >= 0.6 is 0 Å². The molecule has 0 aliphatic carbocycles. The predicted octanol–water partition coefficient (Wildman–Crippen LogP) is 5.10. The molecular formula is C27H40N2O4. The van der Waals surface area contributed by atoms with Crippen LogP contribution in [0.5, 0.6) is 5.75 Å². The van der Waals surface area contributed by atoms with Crippen molar-refractivity contribution in [1.29, 1.82) is 0 Å². The van der Waals surface area contributed by atoms with Crippen LogP contribution in [0.1, 0.15) is 52.2 Å². The molecule has 6 nitrogen and oxygen atoms in total. The van der Waals surface area contributed by atoms with Crippen molar-refractivity contribution in [2.75, 3.05) is 26.2 Å². The molecule has 1 amide bonds. The predicted molar refractivity (Wildman–Crippen MR) is 132 cm³/mol. The second-order valence-electron chi connectivity index (χ2n) is 9.00. The summed E-state index contributed by atoms with van der Waals surface area (Å²) >= 11 is 0. The molecule has 1 atom stereocenters. The highest BCUT2D eigenvalue weighted by atomic mass is 16.6. The van der Waals surface area contributed by atoms with Crippen LogP contribution in [0.3, 0.4) is 0 Å². The zero-order valence-corrected chi connectivity index (χ0v) is 20.8. The van der Waals surface area contributed by atoms with Gasteiger partial charge in [-0.05, 0) is 50.5 Å². The molecule has 1 aliphatic rings. The fourth-order valence-corrected chi connectivity index (χ4v) is 3.75. The van der Waals surface area contributed by atoms with Gasteiger partial charge in [0.2, 0.25) is 0 Å². The molecule has 0 spiro atoms. The van der Waals surface area contributed by atoms with E-state index in [1.54, 1.807) is 4.90 Å². The standard InChI is InChI=1S/C25H34N2O4.C2H6/c1-25(2,3)31-24(29)27-14-13-26(18-22(27)12-15-28)17-21-10-7-11-23(16-21)30-19-20-8-5-4-6-9-20;1-2/h4-11,16,22,28H,12-15,17-19H2,1-3H3;1-2H3. The number of amides is 1. The van der Waals surface area contributed by atoms with Gasteiger partial charge in [0, 0.05) is 38.8 Å². The molecule has 1 fully saturated rings. The molecule has 1 unspecified atom stereocenters. The number of aliphatic hydroxyl groups excluding tert-OH is 1. The Morgan fingerprint density at radius 2 is 1.73 bits per heavy atom. The van der Waals surface area contributed by atoms with Crippen molar-refractivity contribution < 1.29 is 19.4 Å². The van der Waals surface area contributed by atoms with Gasteiger partial charge in [-0.1, -0.05) is 56.3 Å². The number of rotatable bonds is 7. The van der Waals surface area contributed by atoms with E-state index in [0.29, 0.717) is 26.1 Å². The summed E-state index contributed by atoms with van der Waals surface area (Å²) in [5.74, 6) is 0.848. The van der Waals surface area contributed by atoms with E-state index < -0.39 is 5.60 Å². The summed E-state index contributed by atoms with van der Waals surface area (Å²) in [4.78, 5) is 16.7. The molecule has 1 N–H and O–H groups in total. The highest BCUT2D eigenvalue weighted by molar-refractivity contribution is 5.68. The largest absolute Gasteiger partial charge is 0.489 e. The summed E-state index contributed by atoms with van der Waals surface area (Å²) in [5.41, 5.74) is 1.77. The maximum Gasteiger partial charge on any atom is 0.410 e. The van der Waals surface area contributed by atoms with Crippen molar-refractivity contribution in [2.45, 2.75) is 65.8 Å². The van der Waals surface area contributed by atoms with E-state index in [0.717, 1.165) is 24.4 Å². The van der Waals surface area contributed by atoms with Crippen LogP contribution < -0.4 is 4.74 Å². The number of hydrogen-bond acceptors (Lipinski definition) is 5. The van der Waals surface area contributed by atoms with Crippen molar-refractivity contribution in [3.05, 3.63) is 65.7 Å². The highest BCUT2D eigenvalue weighted by Gasteiger charge is 2.32. The smallest absolute Gasteiger partial charge is 0.410 e. The Labute approximate surface area is 199 Å². The molecule has 1 heterocycles. The Balaban J connectivity index is 0.00000187. The topological polar surface area (TPSA) is 62.2 Å². The van der Waals surface area contributed by atoms with Crippen LogP contribution in [0, 0.1) is 0 Å². The van der Waals surface area contributed by atoms with E-state index in [4.69, 9.17) is 9.47 Å². The summed E-state index contributed by atoms with van der Waals surface area (Å²) in [6.45, 7) is 13.0. The summed E-state index contributed by atoms with van der Waals surface area (Å²) < 4.78 is 11.5. The van der Waals surface area contributed by atoms with Crippen molar-refractivity contribution in [1.82, 2.24) is 9.80 Å². The molecule has 1 aliphatic heterocycles. The first-order valence-electron chi connectivity index (χ1n) is 11.9. The molecule has 33 heavy (non-hydrogen) atoms. The van der Waals surface area contributed by atoms with Gasteiger partial charge in [0.25, 0.3) is 0 Å². The van der Waals surface area contributed by atoms with Gasteiger partial charge in [-0.3, -0.25) is 4.90 Å². The number of piperazine rings is 1. The number of carbonyl (C=O) groups excluding carboxylic acids is 1. The first kappa shape index (κ1) is 26.7. The van der Waals surface area contributed by atoms with Gasteiger partial charge in [-0.15, -0.1) is 0 Å². The van der Waals surface area contributed by atoms with Crippen LogP contribution in [-0.4, -0.2) is 58.9 Å². The third kappa shape index (κ3) is 9.06. The van der Waals surface area contributed by atoms with E-state index in [1.807, 2.05) is 65.0 Å². The van der Waals surface area contributed by atoms with E-state index in [9.17, 15) is 9.90 Å². The Morgan fingerprint density at radius 1 is 1.03 bits per heavy atom. The first-order valence-corrected chi connectivity index (χ1v) is 11.9. The van der Waals surface area contributed by atoms with Crippen LogP contribution in [0.15, 0.2) is 54.6 Å². The minimum absolute atomic E-state index is 0.0423. The molecule has 182 valence electrons. The van der Waals surface area contributed by atoms with Crippen LogP contribution in [0.4, 0.5) is 4.79 Å². The minimum atomic E-state index is -0.530. The van der Waals surface area contributed by atoms with Crippen molar-refractivity contribution in [3.8, 4) is 5.75 Å². The van der Waals surface area contributed by atoms with Gasteiger partial charge in [-0.2, -0.15) is 0 Å². The van der Waals surface area contributed by atoms with Crippen LogP contribution in [-0.2, 0) is 17.9 Å². The first-order chi connectivity index (χ1) is 15.8. The maximum absolute atomic E-state index is 12.6. The lowest BCUT2D eigenvalue weighted by atomic mass is 10.1. The van der Waals surface area contributed by atoms with Crippen molar-refractivity contribution in [2.24, 2.45) is 0 Å². The van der Waals surface area contributed by atoms with Gasteiger partial charge >= 0.3 is 6.09 Å². The number of nitrogens with zero attached hydrogens (tertiary/aromatic N) is 2. The van der Waals surface area contributed by atoms with Gasteiger partial charge < -0.3 is 19.5 Å². The lowest BCUT2D eigenvalue weighted by molar-refractivity contribution is -0.00610. The van der Waals surface area contributed by atoms with E-state index >= 15 is 0 Å². The zero-order chi connectivity index (χ0) is 24.3. The lowest BCUT2D eigenvalue weighted by Crippen LogP contribution is -2.56. The second-order valence-corrected chi connectivity index (χ2v) is 9.00. The average Bonchev–Trinajstić information content (AvgIpc) is 2.79. The molecule has 0 aromatic heterocycles. The second kappa shape index (κ2) is 13.2. The van der Waals surface area contributed by atoms with Crippen LogP contribution in [0.2, 0.25) is 0 Å². The lowest BCUT2D eigenvalue weighted by Gasteiger charge is -2.41. The normalized spacial score (nSPS) is 16.5. The molecule has 1 saturated heterocycles. The van der Waals surface area contributed by atoms with Crippen molar-refractivity contribution >= 4 is 6.09 Å². The minimum Gasteiger partial charge on any atom is -0.489 e. The Kier molecular flexibility index (Phi) is 10.7. The Bertz CT molecular complexity index is 836. The van der Waals surface area contributed by atoms with Gasteiger partial charge in [0.05, 0.1) is 0 Å². The highest BCUT2D eigenvalue weighted by Crippen LogP contribution is 2.21. The molecule has 6 heteroatoms. The van der Waals surface area contributed by atoms with E-state index in [2.05, 4.69) is 29.2 Å². The Morgan fingerprint density at radius 3 is 2.39 bits per heavy atom. The molecule has 0 radical (unpaired) electrons. The average molecular weight is 457 g/mol. The number of benzene rings is 2. The van der Waals surface area contributed by atoms with Crippen molar-refractivity contribution in [3.63, 3.8) is 0 Å². The quantitative estimate of drug-likeness (QED) is 0.628. The number of aliphatic hydroxyl groups is 1. The fourth-order valence-electron chi connectivity index (χ4n) is 3.75. The third-order valence-electron chi connectivity index (χ3n) is 5.21. The fraction of sp³-hybridized carbons (Fsp3) is 0.519. The third-order valence-corrected chi connectivity index (χ3v) is 5.21. The number of ether oxygens (including phenoxy) is 2. The molecule has 0 bridgehead atoms. The summed E-state index contributed by atoms with van der Waals surface area (Å²) in [5, 5.41) is 9.50. The Hall–Kier alpha value is -2.57. The monoisotopic (exact) mass is 456 g/mol. The summed E-state index contributed by atoms with van der Waals surface area (Å²) in [6, 6.07) is 18.2. The van der Waals surface area contributed by atoms with Gasteiger partial charge in [0.1, 0.15) is 18.0 Å². The van der Waals surface area contributed by atoms with Gasteiger partial charge in [-0.25, -0.2) is 4.79 Å². The molecule has 0 saturated carbocycles. The molecule has 2 aromatic rings. The van der Waals surface area contributed by atoms with Crippen LogP contribution in [0.25, 0.3) is 0 Å². The van der Waals surface area contributed by atoms with E-state index in [-0.39, 0.29) is 18.7 Å². The zero-order valence-electron chi connectivity index (χ0n) is 20.8. The number of carbonyl (C=O) groups is 1. The summed E-state index contributed by atoms with van der Waals surface area (Å²) in [7, 11) is 0. The molecular weight excluding hydrogens is 416 g/mol. The SMILES string of the molecule is CC.CC(C)(C)OC(=O)N1CCN(Cc2cccc(OCc3ccccc3)c2)CC1CCO. The molecule has 2 aromatic carbocycles. The molecule has 3 rings (SSSR count). The van der Waals surface area contributed by atoms with E-state index in [1.165, 1.54) is 5.56 Å². The van der Waals surface area contributed by atoms with Gasteiger partial charge in [0.15, 0.2) is 0 Å².